The summed E-state index contributed by atoms with van der Waals surface area (Å²) in [6.07, 6.45) is 16.4. The van der Waals surface area contributed by atoms with Crippen LogP contribution >= 0.6 is 0 Å². The normalized spacial score (nSPS) is 11.0. The quantitative estimate of drug-likeness (QED) is 0.192. The summed E-state index contributed by atoms with van der Waals surface area (Å²) in [4.78, 5) is 6.00. The molecule has 1 radical (unpaired) electrons. The monoisotopic (exact) mass is 376 g/mol. The zero-order valence-electron chi connectivity index (χ0n) is 17.7. The molecule has 0 aromatic heterocycles. The van der Waals surface area contributed by atoms with E-state index in [9.17, 15) is 0 Å². The number of anilines is 1. The van der Waals surface area contributed by atoms with Crippen molar-refractivity contribution in [3.63, 3.8) is 0 Å². The number of hydrogen-bond acceptors (Lipinski definition) is 3. The molecule has 0 bridgehead atoms. The van der Waals surface area contributed by atoms with Crippen molar-refractivity contribution in [1.29, 1.82) is 0 Å². The van der Waals surface area contributed by atoms with E-state index in [-0.39, 0.29) is 0 Å². The molecule has 0 spiro atoms. The van der Waals surface area contributed by atoms with Gasteiger partial charge in [0.1, 0.15) is 0 Å². The molecule has 0 aliphatic carbocycles. The number of rotatable bonds is 19. The highest BCUT2D eigenvalue weighted by Gasteiger charge is 2.06. The lowest BCUT2D eigenvalue weighted by Crippen LogP contribution is -2.28. The maximum Gasteiger partial charge on any atom is 0.0748 e. The van der Waals surface area contributed by atoms with Crippen molar-refractivity contribution in [2.45, 2.75) is 84.0 Å². The third kappa shape index (κ3) is 13.7. The van der Waals surface area contributed by atoms with Crippen molar-refractivity contribution < 1.29 is 9.57 Å². The molecule has 1 rings (SSSR count). The molecule has 3 nitrogen and oxygen atoms in total. The van der Waals surface area contributed by atoms with Gasteiger partial charge in [-0.15, -0.1) is 0 Å². The second-order valence-corrected chi connectivity index (χ2v) is 7.27. The van der Waals surface area contributed by atoms with Crippen LogP contribution in [0.1, 0.15) is 84.0 Å². The molecule has 27 heavy (non-hydrogen) atoms. The Labute approximate surface area is 168 Å². The van der Waals surface area contributed by atoms with Crippen LogP contribution in [0.3, 0.4) is 0 Å². The van der Waals surface area contributed by atoms with Gasteiger partial charge in [0, 0.05) is 6.61 Å². The van der Waals surface area contributed by atoms with Gasteiger partial charge in [0.25, 0.3) is 0 Å². The van der Waals surface area contributed by atoms with Crippen molar-refractivity contribution in [3.05, 3.63) is 37.3 Å². The first-order valence-electron chi connectivity index (χ1n) is 11.2. The van der Waals surface area contributed by atoms with Crippen molar-refractivity contribution in [2.75, 3.05) is 31.4 Å². The Hall–Kier alpha value is -1.06. The minimum absolute atomic E-state index is 0.501. The Morgan fingerprint density at radius 2 is 1.30 bits per heavy atom. The number of ether oxygens (including phenoxy) is 1. The van der Waals surface area contributed by atoms with Crippen molar-refractivity contribution in [2.24, 2.45) is 0 Å². The Morgan fingerprint density at radius 3 is 1.85 bits per heavy atom. The average molecular weight is 377 g/mol. The van der Waals surface area contributed by atoms with Gasteiger partial charge in [0.15, 0.2) is 0 Å². The van der Waals surface area contributed by atoms with Crippen LogP contribution in [0.2, 0.25) is 0 Å². The average Bonchev–Trinajstić information content (AvgIpc) is 2.71. The van der Waals surface area contributed by atoms with E-state index in [1.807, 2.05) is 23.3 Å². The lowest BCUT2D eigenvalue weighted by molar-refractivity contribution is 0.0789. The predicted octanol–water partition coefficient (Wildman–Crippen LogP) is 6.98. The van der Waals surface area contributed by atoms with Gasteiger partial charge in [0.05, 0.1) is 25.4 Å². The Kier molecular flexibility index (Phi) is 16.3. The van der Waals surface area contributed by atoms with E-state index in [0.29, 0.717) is 13.2 Å². The molecule has 0 unspecified atom stereocenters. The Morgan fingerprint density at radius 1 is 0.741 bits per heavy atom. The summed E-state index contributed by atoms with van der Waals surface area (Å²) in [6.45, 7) is 8.64. The van der Waals surface area contributed by atoms with Crippen LogP contribution in [0.15, 0.2) is 30.3 Å². The van der Waals surface area contributed by atoms with E-state index >= 15 is 0 Å². The molecule has 3 heteroatoms. The summed E-state index contributed by atoms with van der Waals surface area (Å²) in [5, 5.41) is 1.95. The number of unbranched alkanes of at least 4 members (excludes halogenated alkanes) is 11. The molecule has 0 aliphatic heterocycles. The van der Waals surface area contributed by atoms with Crippen LogP contribution in [-0.2, 0) is 9.57 Å². The smallest absolute Gasteiger partial charge is 0.0748 e. The van der Waals surface area contributed by atoms with Gasteiger partial charge in [-0.05, 0) is 25.5 Å². The summed E-state index contributed by atoms with van der Waals surface area (Å²) in [5.41, 5.74) is 1.09. The Balaban J connectivity index is 2.01. The van der Waals surface area contributed by atoms with Gasteiger partial charge < -0.3 is 4.74 Å². The predicted molar refractivity (Wildman–Crippen MR) is 117 cm³/mol. The molecule has 0 aliphatic rings. The summed E-state index contributed by atoms with van der Waals surface area (Å²) in [5.74, 6) is 0. The molecule has 1 aromatic carbocycles. The van der Waals surface area contributed by atoms with Gasteiger partial charge in [-0.2, -0.15) is 0 Å². The molecular weight excluding hydrogens is 334 g/mol. The SMILES string of the molecule is [CH2]COCCN(OCCCCCCCCCCCCCC)c1ccccc1. The summed E-state index contributed by atoms with van der Waals surface area (Å²) in [6, 6.07) is 10.3. The van der Waals surface area contributed by atoms with E-state index < -0.39 is 0 Å². The number of nitrogens with zero attached hydrogens (tertiary/aromatic N) is 1. The van der Waals surface area contributed by atoms with Crippen LogP contribution < -0.4 is 5.06 Å². The second kappa shape index (κ2) is 18.3. The van der Waals surface area contributed by atoms with Crippen LogP contribution in [-0.4, -0.2) is 26.4 Å². The first kappa shape index (κ1) is 24.0. The molecule has 0 fully saturated rings. The highest BCUT2D eigenvalue weighted by molar-refractivity contribution is 5.43. The third-order valence-corrected chi connectivity index (χ3v) is 4.87. The highest BCUT2D eigenvalue weighted by atomic mass is 16.7. The maximum atomic E-state index is 6.00. The van der Waals surface area contributed by atoms with Gasteiger partial charge in [-0.25, -0.2) is 0 Å². The van der Waals surface area contributed by atoms with Crippen molar-refractivity contribution >= 4 is 5.69 Å². The fraction of sp³-hybridized carbons (Fsp3) is 0.708. The van der Waals surface area contributed by atoms with Gasteiger partial charge in [-0.1, -0.05) is 95.8 Å². The van der Waals surface area contributed by atoms with E-state index in [0.717, 1.165) is 25.3 Å². The lowest BCUT2D eigenvalue weighted by Gasteiger charge is -2.23. The van der Waals surface area contributed by atoms with E-state index in [1.54, 1.807) is 0 Å². The number of para-hydroxylation sites is 1. The Bertz CT molecular complexity index is 410. The van der Waals surface area contributed by atoms with Gasteiger partial charge in [0.2, 0.25) is 0 Å². The topological polar surface area (TPSA) is 21.7 Å². The third-order valence-electron chi connectivity index (χ3n) is 4.87. The largest absolute Gasteiger partial charge is 0.380 e. The number of benzene rings is 1. The van der Waals surface area contributed by atoms with E-state index in [2.05, 4.69) is 26.0 Å². The van der Waals surface area contributed by atoms with E-state index in [4.69, 9.17) is 9.57 Å². The fourth-order valence-electron chi connectivity index (χ4n) is 3.23. The first-order chi connectivity index (χ1) is 13.4. The van der Waals surface area contributed by atoms with Crippen molar-refractivity contribution in [3.8, 4) is 0 Å². The molecule has 0 N–H and O–H groups in total. The molecule has 0 atom stereocenters. The summed E-state index contributed by atoms with van der Waals surface area (Å²) in [7, 11) is 0. The molecule has 0 saturated heterocycles. The van der Waals surface area contributed by atoms with Crippen LogP contribution in [0.25, 0.3) is 0 Å². The molecule has 0 heterocycles. The lowest BCUT2D eigenvalue weighted by atomic mass is 10.1. The number of hydroxylamine groups is 1. The zero-order valence-corrected chi connectivity index (χ0v) is 17.7. The van der Waals surface area contributed by atoms with Crippen LogP contribution in [0.4, 0.5) is 5.69 Å². The molecule has 0 saturated carbocycles. The van der Waals surface area contributed by atoms with E-state index in [1.165, 1.54) is 70.6 Å². The molecule has 0 amide bonds. The number of hydrogen-bond donors (Lipinski definition) is 0. The minimum Gasteiger partial charge on any atom is -0.380 e. The maximum absolute atomic E-state index is 6.00. The van der Waals surface area contributed by atoms with Gasteiger partial charge in [-0.3, -0.25) is 9.90 Å². The summed E-state index contributed by atoms with van der Waals surface area (Å²) >= 11 is 0. The van der Waals surface area contributed by atoms with Gasteiger partial charge >= 0.3 is 0 Å². The van der Waals surface area contributed by atoms with Crippen molar-refractivity contribution in [1.82, 2.24) is 0 Å². The first-order valence-corrected chi connectivity index (χ1v) is 11.2. The summed E-state index contributed by atoms with van der Waals surface area (Å²) < 4.78 is 5.37. The fourth-order valence-corrected chi connectivity index (χ4v) is 3.23. The second-order valence-electron chi connectivity index (χ2n) is 7.27. The van der Waals surface area contributed by atoms with Crippen LogP contribution in [0.5, 0.6) is 0 Å². The zero-order chi connectivity index (χ0) is 19.4. The molecule has 1 aromatic rings. The highest BCUT2D eigenvalue weighted by Crippen LogP contribution is 2.15. The van der Waals surface area contributed by atoms with Crippen LogP contribution in [0, 0.1) is 6.92 Å². The molecule has 155 valence electrons. The standard InChI is InChI=1S/C24H42NO2/c1-3-5-6-7-8-9-10-11-12-13-14-18-22-27-25(21-23-26-4-2)24-19-16-15-17-20-24/h15-17,19-20H,2-14,18,21-23H2,1H3. The minimum atomic E-state index is 0.501. The molecular formula is C24H42NO2.